The van der Waals surface area contributed by atoms with Gasteiger partial charge in [-0.05, 0) is 48.3 Å². The second-order valence-corrected chi connectivity index (χ2v) is 7.27. The lowest BCUT2D eigenvalue weighted by Gasteiger charge is -2.18. The Morgan fingerprint density at radius 2 is 1.93 bits per heavy atom. The number of carbonyl (C=O) groups excluding carboxylic acids is 2. The normalized spacial score (nSPS) is 11.5. The van der Waals surface area contributed by atoms with Crippen molar-refractivity contribution in [1.29, 1.82) is 0 Å². The largest absolute Gasteiger partial charge is 0.484 e. The SMILES string of the molecule is CSCCC(NC(=O)COc1ccccc1)C(=O)NCc1cccc(Cl)c1. The Balaban J connectivity index is 1.86. The zero-order valence-corrected chi connectivity index (χ0v) is 16.7. The molecule has 0 aliphatic carbocycles. The van der Waals surface area contributed by atoms with Crippen LogP contribution in [0.3, 0.4) is 0 Å². The molecule has 0 bridgehead atoms. The van der Waals surface area contributed by atoms with Gasteiger partial charge in [0.15, 0.2) is 6.61 Å². The summed E-state index contributed by atoms with van der Waals surface area (Å²) in [4.78, 5) is 24.7. The average molecular weight is 407 g/mol. The van der Waals surface area contributed by atoms with Crippen LogP contribution < -0.4 is 15.4 Å². The van der Waals surface area contributed by atoms with Crippen LogP contribution in [0.5, 0.6) is 5.75 Å². The highest BCUT2D eigenvalue weighted by Gasteiger charge is 2.20. The molecule has 2 aromatic carbocycles. The number of para-hydroxylation sites is 1. The van der Waals surface area contributed by atoms with Crippen molar-refractivity contribution in [2.75, 3.05) is 18.6 Å². The molecule has 27 heavy (non-hydrogen) atoms. The second kappa shape index (κ2) is 11.5. The second-order valence-electron chi connectivity index (χ2n) is 5.85. The molecule has 0 aromatic heterocycles. The Morgan fingerprint density at radius 3 is 2.63 bits per heavy atom. The minimum absolute atomic E-state index is 0.138. The van der Waals surface area contributed by atoms with Gasteiger partial charge in [0.2, 0.25) is 5.91 Å². The molecule has 1 unspecified atom stereocenters. The fourth-order valence-electron chi connectivity index (χ4n) is 2.37. The number of thioether (sulfide) groups is 1. The Labute approximate surface area is 168 Å². The molecule has 0 saturated heterocycles. The predicted octanol–water partition coefficient (Wildman–Crippen LogP) is 3.27. The van der Waals surface area contributed by atoms with E-state index in [2.05, 4.69) is 10.6 Å². The third-order valence-corrected chi connectivity index (χ3v) is 4.61. The number of amides is 2. The standard InChI is InChI=1S/C20H23ClN2O3S/c1-27-11-10-18(20(25)22-13-15-6-5-7-16(21)12-15)23-19(24)14-26-17-8-3-2-4-9-17/h2-9,12,18H,10-11,13-14H2,1H3,(H,22,25)(H,23,24). The molecule has 144 valence electrons. The number of rotatable bonds is 10. The molecular weight excluding hydrogens is 384 g/mol. The minimum Gasteiger partial charge on any atom is -0.484 e. The quantitative estimate of drug-likeness (QED) is 0.635. The van der Waals surface area contributed by atoms with Crippen molar-refractivity contribution in [3.63, 3.8) is 0 Å². The topological polar surface area (TPSA) is 67.4 Å². The number of hydrogen-bond donors (Lipinski definition) is 2. The fourth-order valence-corrected chi connectivity index (χ4v) is 3.05. The molecule has 0 aliphatic rings. The first-order chi connectivity index (χ1) is 13.1. The smallest absolute Gasteiger partial charge is 0.258 e. The number of nitrogens with one attached hydrogen (secondary N) is 2. The van der Waals surface area contributed by atoms with Crippen LogP contribution in [-0.4, -0.2) is 36.5 Å². The Hall–Kier alpha value is -2.18. The van der Waals surface area contributed by atoms with E-state index in [-0.39, 0.29) is 18.4 Å². The van der Waals surface area contributed by atoms with E-state index < -0.39 is 6.04 Å². The summed E-state index contributed by atoms with van der Waals surface area (Å²) in [6, 6.07) is 15.8. The molecule has 2 N–H and O–H groups in total. The lowest BCUT2D eigenvalue weighted by molar-refractivity contribution is -0.130. The Bertz CT molecular complexity index is 743. The monoisotopic (exact) mass is 406 g/mol. The van der Waals surface area contributed by atoms with Crippen molar-refractivity contribution in [2.45, 2.75) is 19.0 Å². The van der Waals surface area contributed by atoms with Crippen LogP contribution in [0.2, 0.25) is 5.02 Å². The number of hydrogen-bond acceptors (Lipinski definition) is 4. The third-order valence-electron chi connectivity index (χ3n) is 3.73. The van der Waals surface area contributed by atoms with Crippen molar-refractivity contribution in [1.82, 2.24) is 10.6 Å². The lowest BCUT2D eigenvalue weighted by atomic mass is 10.2. The first kappa shape index (κ1) is 21.1. The average Bonchev–Trinajstić information content (AvgIpc) is 2.68. The van der Waals surface area contributed by atoms with Gasteiger partial charge in [-0.25, -0.2) is 0 Å². The van der Waals surface area contributed by atoms with Gasteiger partial charge in [-0.3, -0.25) is 9.59 Å². The van der Waals surface area contributed by atoms with E-state index in [1.165, 1.54) is 0 Å². The van der Waals surface area contributed by atoms with Gasteiger partial charge in [-0.15, -0.1) is 0 Å². The summed E-state index contributed by atoms with van der Waals surface area (Å²) in [5.41, 5.74) is 0.901. The lowest BCUT2D eigenvalue weighted by Crippen LogP contribution is -2.48. The van der Waals surface area contributed by atoms with Gasteiger partial charge >= 0.3 is 0 Å². The molecule has 2 rings (SSSR count). The van der Waals surface area contributed by atoms with Crippen LogP contribution in [0.4, 0.5) is 0 Å². The molecule has 7 heteroatoms. The van der Waals surface area contributed by atoms with Gasteiger partial charge < -0.3 is 15.4 Å². The van der Waals surface area contributed by atoms with E-state index in [0.29, 0.717) is 23.7 Å². The minimum atomic E-state index is -0.608. The molecule has 2 aromatic rings. The van der Waals surface area contributed by atoms with Crippen molar-refractivity contribution in [3.05, 3.63) is 65.2 Å². The van der Waals surface area contributed by atoms with Crippen LogP contribution in [-0.2, 0) is 16.1 Å². The van der Waals surface area contributed by atoms with Gasteiger partial charge in [0.05, 0.1) is 0 Å². The summed E-state index contributed by atoms with van der Waals surface area (Å²) < 4.78 is 5.43. The number of ether oxygens (including phenoxy) is 1. The predicted molar refractivity (Wildman–Crippen MR) is 110 cm³/mol. The van der Waals surface area contributed by atoms with Crippen LogP contribution in [0.1, 0.15) is 12.0 Å². The van der Waals surface area contributed by atoms with E-state index in [4.69, 9.17) is 16.3 Å². The number of benzene rings is 2. The van der Waals surface area contributed by atoms with Gasteiger partial charge in [0.25, 0.3) is 5.91 Å². The van der Waals surface area contributed by atoms with E-state index in [1.807, 2.05) is 36.6 Å². The maximum Gasteiger partial charge on any atom is 0.258 e. The summed E-state index contributed by atoms with van der Waals surface area (Å²) in [5.74, 6) is 0.813. The van der Waals surface area contributed by atoms with Crippen molar-refractivity contribution in [2.24, 2.45) is 0 Å². The maximum atomic E-state index is 12.5. The molecule has 0 fully saturated rings. The van der Waals surface area contributed by atoms with Crippen molar-refractivity contribution in [3.8, 4) is 5.75 Å². The Morgan fingerprint density at radius 1 is 1.15 bits per heavy atom. The van der Waals surface area contributed by atoms with Gasteiger partial charge in [-0.1, -0.05) is 41.9 Å². The summed E-state index contributed by atoms with van der Waals surface area (Å²) in [6.07, 6.45) is 2.50. The highest BCUT2D eigenvalue weighted by Crippen LogP contribution is 2.11. The maximum absolute atomic E-state index is 12.5. The molecule has 5 nitrogen and oxygen atoms in total. The molecule has 0 saturated carbocycles. The summed E-state index contributed by atoms with van der Waals surface area (Å²) >= 11 is 7.58. The van der Waals surface area contributed by atoms with Crippen LogP contribution in [0.15, 0.2) is 54.6 Å². The summed E-state index contributed by atoms with van der Waals surface area (Å²) in [6.45, 7) is 0.215. The zero-order valence-electron chi connectivity index (χ0n) is 15.1. The van der Waals surface area contributed by atoms with Crippen molar-refractivity contribution >= 4 is 35.2 Å². The van der Waals surface area contributed by atoms with E-state index in [9.17, 15) is 9.59 Å². The molecule has 0 aliphatic heterocycles. The van der Waals surface area contributed by atoms with Gasteiger partial charge in [0.1, 0.15) is 11.8 Å². The highest BCUT2D eigenvalue weighted by molar-refractivity contribution is 7.98. The zero-order chi connectivity index (χ0) is 19.5. The summed E-state index contributed by atoms with van der Waals surface area (Å²) in [5, 5.41) is 6.22. The van der Waals surface area contributed by atoms with E-state index in [1.54, 1.807) is 36.0 Å². The molecule has 2 amide bonds. The number of halogens is 1. The van der Waals surface area contributed by atoms with Gasteiger partial charge in [0, 0.05) is 11.6 Å². The summed E-state index contributed by atoms with van der Waals surface area (Å²) in [7, 11) is 0. The fraction of sp³-hybridized carbons (Fsp3) is 0.300. The molecule has 0 radical (unpaired) electrons. The van der Waals surface area contributed by atoms with E-state index >= 15 is 0 Å². The van der Waals surface area contributed by atoms with Crippen LogP contribution >= 0.6 is 23.4 Å². The van der Waals surface area contributed by atoms with Crippen molar-refractivity contribution < 1.29 is 14.3 Å². The molecular formula is C20H23ClN2O3S. The van der Waals surface area contributed by atoms with Gasteiger partial charge in [-0.2, -0.15) is 11.8 Å². The molecule has 0 spiro atoms. The van der Waals surface area contributed by atoms with Crippen LogP contribution in [0, 0.1) is 0 Å². The van der Waals surface area contributed by atoms with E-state index in [0.717, 1.165) is 11.3 Å². The molecule has 1 atom stereocenters. The number of carbonyl (C=O) groups is 2. The third kappa shape index (κ3) is 7.93. The highest BCUT2D eigenvalue weighted by atomic mass is 35.5. The molecule has 0 heterocycles. The first-order valence-corrected chi connectivity index (χ1v) is 10.3. The Kier molecular flexibility index (Phi) is 9.01. The van der Waals surface area contributed by atoms with Crippen LogP contribution in [0.25, 0.3) is 0 Å². The first-order valence-electron chi connectivity index (χ1n) is 8.57.